The number of hydrogen-bond acceptors (Lipinski definition) is 5. The highest BCUT2D eigenvalue weighted by molar-refractivity contribution is 9.10. The van der Waals surface area contributed by atoms with Crippen molar-refractivity contribution >= 4 is 43.7 Å². The molecule has 23 heavy (non-hydrogen) atoms. The minimum absolute atomic E-state index is 0.534. The van der Waals surface area contributed by atoms with Gasteiger partial charge in [0.25, 0.3) is 0 Å². The van der Waals surface area contributed by atoms with Crippen LogP contribution in [0.2, 0.25) is 0 Å². The van der Waals surface area contributed by atoms with Gasteiger partial charge in [0.15, 0.2) is 5.82 Å². The highest BCUT2D eigenvalue weighted by Crippen LogP contribution is 2.32. The zero-order valence-corrected chi connectivity index (χ0v) is 15.4. The number of halogens is 1. The van der Waals surface area contributed by atoms with Crippen LogP contribution < -0.4 is 9.62 Å². The first kappa shape index (κ1) is 16.7. The Labute approximate surface area is 145 Å². The molecule has 3 rings (SSSR count). The van der Waals surface area contributed by atoms with Gasteiger partial charge >= 0.3 is 0 Å². The first-order valence-corrected chi connectivity index (χ1v) is 9.61. The Morgan fingerprint density at radius 3 is 2.78 bits per heavy atom. The van der Waals surface area contributed by atoms with Gasteiger partial charge < -0.3 is 9.47 Å². The van der Waals surface area contributed by atoms with Gasteiger partial charge in [0.05, 0.1) is 4.47 Å². The summed E-state index contributed by atoms with van der Waals surface area (Å²) in [6.45, 7) is 2.40. The first-order chi connectivity index (χ1) is 11.1. The van der Waals surface area contributed by atoms with Crippen molar-refractivity contribution in [2.75, 3.05) is 24.5 Å². The average Bonchev–Trinajstić information content (AvgIpc) is 2.83. The molecule has 0 bridgehead atoms. The molecule has 126 valence electrons. The van der Waals surface area contributed by atoms with Gasteiger partial charge in [-0.25, -0.2) is 23.1 Å². The van der Waals surface area contributed by atoms with E-state index in [0.29, 0.717) is 12.5 Å². The Balaban J connectivity index is 1.68. The highest BCUT2D eigenvalue weighted by Gasteiger charge is 2.23. The molecule has 2 aromatic rings. The fourth-order valence-electron chi connectivity index (χ4n) is 3.19. The van der Waals surface area contributed by atoms with Crippen LogP contribution in [0.15, 0.2) is 17.0 Å². The van der Waals surface area contributed by atoms with Crippen LogP contribution >= 0.6 is 15.9 Å². The summed E-state index contributed by atoms with van der Waals surface area (Å²) in [6, 6.07) is 0. The Morgan fingerprint density at radius 1 is 1.35 bits per heavy atom. The van der Waals surface area contributed by atoms with Crippen molar-refractivity contribution in [3.63, 3.8) is 0 Å². The highest BCUT2D eigenvalue weighted by atomic mass is 79.9. The second kappa shape index (κ2) is 7.14. The molecule has 9 heteroatoms. The molecule has 1 aliphatic heterocycles. The van der Waals surface area contributed by atoms with Crippen molar-refractivity contribution in [3.05, 3.63) is 17.0 Å². The van der Waals surface area contributed by atoms with Gasteiger partial charge in [0.2, 0.25) is 10.9 Å². The number of aromatic nitrogens is 3. The third-order valence-corrected chi connectivity index (χ3v) is 5.46. The van der Waals surface area contributed by atoms with Crippen LogP contribution in [0.1, 0.15) is 19.3 Å². The molecular weight excluding hydrogens is 382 g/mol. The fraction of sp³-hybridized carbons (Fsp3) is 0.571. The van der Waals surface area contributed by atoms with Gasteiger partial charge in [-0.3, -0.25) is 0 Å². The van der Waals surface area contributed by atoms with Crippen molar-refractivity contribution in [1.82, 2.24) is 19.3 Å². The van der Waals surface area contributed by atoms with Gasteiger partial charge in [0, 0.05) is 32.9 Å². The van der Waals surface area contributed by atoms with E-state index < -0.39 is 10.9 Å². The molecule has 1 aliphatic rings. The number of rotatable bonds is 5. The average molecular weight is 402 g/mol. The van der Waals surface area contributed by atoms with E-state index in [1.807, 2.05) is 13.2 Å². The normalized spacial score (nSPS) is 16.6. The molecular formula is C14H20BrN5O2S. The monoisotopic (exact) mass is 401 g/mol. The van der Waals surface area contributed by atoms with Crippen LogP contribution in [0, 0.1) is 5.92 Å². The number of nitrogens with zero attached hydrogens (tertiary/aromatic N) is 4. The predicted octanol–water partition coefficient (Wildman–Crippen LogP) is 1.45. The van der Waals surface area contributed by atoms with Gasteiger partial charge in [-0.15, -0.1) is 0 Å². The third-order valence-electron chi connectivity index (χ3n) is 4.40. The topological polar surface area (TPSA) is 80.1 Å². The third kappa shape index (κ3) is 3.67. The van der Waals surface area contributed by atoms with Gasteiger partial charge in [-0.2, -0.15) is 0 Å². The Kier molecular flexibility index (Phi) is 5.17. The van der Waals surface area contributed by atoms with Gasteiger partial charge in [0.1, 0.15) is 17.4 Å². The van der Waals surface area contributed by atoms with E-state index in [0.717, 1.165) is 53.7 Å². The van der Waals surface area contributed by atoms with Crippen molar-refractivity contribution in [2.24, 2.45) is 13.0 Å². The van der Waals surface area contributed by atoms with Gasteiger partial charge in [-0.1, -0.05) is 0 Å². The molecule has 0 amide bonds. The van der Waals surface area contributed by atoms with Crippen LogP contribution in [0.5, 0.6) is 0 Å². The Morgan fingerprint density at radius 2 is 2.09 bits per heavy atom. The minimum Gasteiger partial charge on any atom is -0.355 e. The summed E-state index contributed by atoms with van der Waals surface area (Å²) >= 11 is 3.54. The lowest BCUT2D eigenvalue weighted by Crippen LogP contribution is -2.35. The fourth-order valence-corrected chi connectivity index (χ4v) is 4.10. The molecule has 0 aliphatic carbocycles. The van der Waals surface area contributed by atoms with Crippen molar-refractivity contribution in [2.45, 2.75) is 19.3 Å². The van der Waals surface area contributed by atoms with Crippen LogP contribution in [0.25, 0.3) is 11.0 Å². The van der Waals surface area contributed by atoms with Gasteiger partial charge in [-0.05, 0) is 41.1 Å². The maximum absolute atomic E-state index is 10.5. The molecule has 1 saturated heterocycles. The Hall–Kier alpha value is -1.19. The standard InChI is InChI=1S/C14H20BrN5O2S/c1-19-8-11(15)12-13(19)14(17-9-16-12)20-6-3-10(4-7-20)2-5-18-23(21)22/h8-10,23H,2-7H2,1H3,(H,18,21,22). The molecule has 2 aromatic heterocycles. The lowest BCUT2D eigenvalue weighted by molar-refractivity contribution is 0.381. The summed E-state index contributed by atoms with van der Waals surface area (Å²) in [6.07, 6.45) is 6.61. The van der Waals surface area contributed by atoms with Crippen LogP contribution in [-0.2, 0) is 17.9 Å². The van der Waals surface area contributed by atoms with Crippen molar-refractivity contribution in [1.29, 1.82) is 0 Å². The number of piperidine rings is 1. The first-order valence-electron chi connectivity index (χ1n) is 7.64. The van der Waals surface area contributed by atoms with E-state index in [1.54, 1.807) is 6.33 Å². The summed E-state index contributed by atoms with van der Waals surface area (Å²) in [5, 5.41) is 0. The zero-order chi connectivity index (χ0) is 16.4. The van der Waals surface area contributed by atoms with Crippen molar-refractivity contribution in [3.8, 4) is 0 Å². The largest absolute Gasteiger partial charge is 0.355 e. The smallest absolute Gasteiger partial charge is 0.201 e. The van der Waals surface area contributed by atoms with E-state index >= 15 is 0 Å². The summed E-state index contributed by atoms with van der Waals surface area (Å²) in [5.41, 5.74) is 1.98. The zero-order valence-electron chi connectivity index (χ0n) is 12.9. The molecule has 7 nitrogen and oxygen atoms in total. The second-order valence-corrected chi connectivity index (χ2v) is 7.55. The summed E-state index contributed by atoms with van der Waals surface area (Å²) in [7, 11) is -0.476. The second-order valence-electron chi connectivity index (χ2n) is 5.87. The summed E-state index contributed by atoms with van der Waals surface area (Å²) in [5.74, 6) is 1.54. The van der Waals surface area contributed by atoms with Crippen LogP contribution in [0.3, 0.4) is 0 Å². The number of anilines is 1. The maximum atomic E-state index is 10.5. The van der Waals surface area contributed by atoms with Crippen LogP contribution in [0.4, 0.5) is 5.82 Å². The van der Waals surface area contributed by atoms with E-state index in [2.05, 4.69) is 40.1 Å². The van der Waals surface area contributed by atoms with E-state index in [1.165, 1.54) is 0 Å². The number of fused-ring (bicyclic) bond motifs is 1. The molecule has 0 unspecified atom stereocenters. The molecule has 3 heterocycles. The van der Waals surface area contributed by atoms with E-state index in [9.17, 15) is 8.42 Å². The number of hydrogen-bond donors (Lipinski definition) is 2. The minimum atomic E-state index is -2.48. The lowest BCUT2D eigenvalue weighted by Gasteiger charge is -2.33. The lowest BCUT2D eigenvalue weighted by atomic mass is 9.93. The SMILES string of the molecule is Cn1cc(Br)c2ncnc(N3CCC(CCN[SH](=O)=O)CC3)c21. The van der Waals surface area contributed by atoms with E-state index in [-0.39, 0.29) is 0 Å². The molecule has 1 N–H and O–H groups in total. The molecule has 0 aromatic carbocycles. The molecule has 1 fully saturated rings. The number of aryl methyl sites for hydroxylation is 1. The molecule has 0 atom stereocenters. The van der Waals surface area contributed by atoms with E-state index in [4.69, 9.17) is 0 Å². The number of thiol groups is 1. The molecule has 0 spiro atoms. The van der Waals surface area contributed by atoms with Crippen molar-refractivity contribution < 1.29 is 8.42 Å². The van der Waals surface area contributed by atoms with Crippen LogP contribution in [-0.4, -0.2) is 42.6 Å². The summed E-state index contributed by atoms with van der Waals surface area (Å²) < 4.78 is 26.6. The molecule has 0 radical (unpaired) electrons. The Bertz CT molecular complexity index is 760. The maximum Gasteiger partial charge on any atom is 0.201 e. The number of nitrogens with one attached hydrogen (secondary N) is 1. The quantitative estimate of drug-likeness (QED) is 0.741. The summed E-state index contributed by atoms with van der Waals surface area (Å²) in [4.78, 5) is 11.2. The molecule has 0 saturated carbocycles. The predicted molar refractivity (Wildman–Crippen MR) is 94.1 cm³/mol.